The molecule has 6 saturated carbocycles. The van der Waals surface area contributed by atoms with E-state index in [-0.39, 0.29) is 18.8 Å². The summed E-state index contributed by atoms with van der Waals surface area (Å²) in [6.07, 6.45) is -44.6. The number of hydrogen-bond donors (Lipinski definition) is 2. The molecule has 6 nitrogen and oxygen atoms in total. The van der Waals surface area contributed by atoms with Crippen molar-refractivity contribution in [3.8, 4) is 0 Å². The molecule has 0 aliphatic heterocycles. The minimum absolute atomic E-state index is 0.0114. The van der Waals surface area contributed by atoms with E-state index in [2.05, 4.69) is 11.7 Å². The highest BCUT2D eigenvalue weighted by Gasteiger charge is 3.04. The van der Waals surface area contributed by atoms with Crippen LogP contribution in [0.25, 0.3) is 0 Å². The lowest BCUT2D eigenvalue weighted by atomic mass is 9.65. The minimum atomic E-state index is -6.77. The van der Waals surface area contributed by atoms with Crippen LogP contribution in [0.2, 0.25) is 0 Å². The van der Waals surface area contributed by atoms with E-state index in [0.717, 1.165) is 13.3 Å². The summed E-state index contributed by atoms with van der Waals surface area (Å²) in [5.41, 5.74) is -25.0. The van der Waals surface area contributed by atoms with Crippen LogP contribution in [0.4, 0.5) is 101 Å². The molecular formula is C38H41F23O6. The molecule has 2 N–H and O–H groups in total. The van der Waals surface area contributed by atoms with Gasteiger partial charge in [0.05, 0.1) is 5.92 Å². The SMILES string of the molecule is CC1C2CC(C(=O)OC3CC4CC3C3(F)C(F)(F)C(F)(F)C(F)(F)C43F)C(C2)C1C.CCC(C)(C(=O)OC1CC(C(O)(C(F)(F)F)C(F)(F)F)CC(C(O)(C(F)(F)F)C(F)(F)F)C1)C(F)(F)F. The number of rotatable bonds is 7. The summed E-state index contributed by atoms with van der Waals surface area (Å²) >= 11 is 0. The fourth-order valence-corrected chi connectivity index (χ4v) is 11.5. The van der Waals surface area contributed by atoms with Gasteiger partial charge in [0.15, 0.2) is 5.41 Å². The van der Waals surface area contributed by atoms with Crippen LogP contribution in [0, 0.1) is 58.7 Å². The van der Waals surface area contributed by atoms with Gasteiger partial charge in [0, 0.05) is 23.7 Å². The average molecular weight is 1030 g/mol. The highest BCUT2D eigenvalue weighted by atomic mass is 19.4. The molecule has 6 aliphatic carbocycles. The molecule has 6 aliphatic rings. The maximum Gasteiger partial charge on any atom is 0.426 e. The van der Waals surface area contributed by atoms with Gasteiger partial charge in [-0.05, 0) is 82.0 Å². The molecule has 0 spiro atoms. The van der Waals surface area contributed by atoms with Crippen LogP contribution < -0.4 is 0 Å². The zero-order chi connectivity index (χ0) is 52.1. The summed E-state index contributed by atoms with van der Waals surface area (Å²) < 4.78 is 324. The van der Waals surface area contributed by atoms with E-state index in [4.69, 9.17) is 4.74 Å². The summed E-state index contributed by atoms with van der Waals surface area (Å²) in [5.74, 6) is -32.4. The van der Waals surface area contributed by atoms with E-state index in [9.17, 15) is 112 Å². The fraction of sp³-hybridized carbons (Fsp3) is 0.947. The Kier molecular flexibility index (Phi) is 13.1. The number of alkyl halides is 23. The van der Waals surface area contributed by atoms with E-state index >= 15 is 8.78 Å². The number of carbonyl (C=O) groups excluding carboxylic acids is 2. The number of hydrogen-bond acceptors (Lipinski definition) is 6. The van der Waals surface area contributed by atoms with Gasteiger partial charge in [-0.3, -0.25) is 9.59 Å². The number of carbonyl (C=O) groups is 2. The van der Waals surface area contributed by atoms with E-state index in [1.165, 1.54) is 0 Å². The van der Waals surface area contributed by atoms with Crippen LogP contribution in [0.3, 0.4) is 0 Å². The molecule has 67 heavy (non-hydrogen) atoms. The summed E-state index contributed by atoms with van der Waals surface area (Å²) in [4.78, 5) is 24.8. The second-order valence-electron chi connectivity index (χ2n) is 19.0. The first-order chi connectivity index (χ1) is 29.7. The molecule has 4 bridgehead atoms. The smallest absolute Gasteiger partial charge is 0.426 e. The molecule has 0 aromatic carbocycles. The van der Waals surface area contributed by atoms with Gasteiger partial charge < -0.3 is 19.7 Å². The normalized spacial score (nSPS) is 39.0. The molecule has 0 radical (unpaired) electrons. The van der Waals surface area contributed by atoms with Crippen LogP contribution in [-0.4, -0.2) is 106 Å². The number of ether oxygens (including phenoxy) is 2. The Hall–Kier alpha value is -2.75. The molecule has 13 unspecified atom stereocenters. The van der Waals surface area contributed by atoms with Gasteiger partial charge in [0.2, 0.25) is 11.3 Å². The molecule has 0 amide bonds. The van der Waals surface area contributed by atoms with Crippen LogP contribution in [0.1, 0.15) is 79.1 Å². The van der Waals surface area contributed by atoms with Gasteiger partial charge >= 0.3 is 60.6 Å². The average Bonchev–Trinajstić information content (AvgIpc) is 3.93. The molecule has 0 aromatic rings. The Bertz CT molecular complexity index is 1820. The van der Waals surface area contributed by atoms with E-state index in [1.807, 2.05) is 6.92 Å². The largest absolute Gasteiger partial charge is 0.462 e. The zero-order valence-corrected chi connectivity index (χ0v) is 34.7. The van der Waals surface area contributed by atoms with Crippen molar-refractivity contribution in [3.05, 3.63) is 0 Å². The molecule has 390 valence electrons. The van der Waals surface area contributed by atoms with Crippen molar-refractivity contribution in [2.24, 2.45) is 58.7 Å². The molecule has 0 saturated heterocycles. The second-order valence-corrected chi connectivity index (χ2v) is 19.0. The molecule has 0 heterocycles. The summed E-state index contributed by atoms with van der Waals surface area (Å²) in [6.45, 7) is 4.96. The molecule has 13 atom stereocenters. The van der Waals surface area contributed by atoms with Crippen molar-refractivity contribution < 1.29 is 130 Å². The third kappa shape index (κ3) is 7.30. The zero-order valence-electron chi connectivity index (χ0n) is 34.7. The number of halogens is 23. The number of aliphatic hydroxyl groups is 2. The van der Waals surface area contributed by atoms with Crippen molar-refractivity contribution in [2.75, 3.05) is 0 Å². The Morgan fingerprint density at radius 3 is 1.36 bits per heavy atom. The Labute approximate surface area is 363 Å². The summed E-state index contributed by atoms with van der Waals surface area (Å²) in [5, 5.41) is 19.1. The van der Waals surface area contributed by atoms with Crippen molar-refractivity contribution >= 4 is 11.9 Å². The highest BCUT2D eigenvalue weighted by Crippen LogP contribution is 2.79. The number of esters is 2. The van der Waals surface area contributed by atoms with E-state index < -0.39 is 169 Å². The van der Waals surface area contributed by atoms with Crippen LogP contribution in [0.5, 0.6) is 0 Å². The predicted octanol–water partition coefficient (Wildman–Crippen LogP) is 11.2. The molecule has 6 fully saturated rings. The lowest BCUT2D eigenvalue weighted by molar-refractivity contribution is -0.405. The van der Waals surface area contributed by atoms with Crippen molar-refractivity contribution in [1.29, 1.82) is 0 Å². The second kappa shape index (κ2) is 15.9. The fourth-order valence-electron chi connectivity index (χ4n) is 11.5. The Balaban J connectivity index is 0.000000255. The van der Waals surface area contributed by atoms with Crippen LogP contribution >= 0.6 is 0 Å². The van der Waals surface area contributed by atoms with Gasteiger partial charge in [-0.2, -0.15) is 92.2 Å². The standard InChI is InChI=1S/C20H22F8O2.C18H19F15O4/c1-7-8(2)11-3-9(7)4-12(11)15(29)30-14-6-10-5-13(14)17(22)16(10,21)18(23,24)20(27,28)19(17,25)26;1-3-11(2,14(19,20)21)10(34)37-9-5-7(12(35,15(22,23)24)16(25,26)27)4-8(6-9)13(36,17(28,29)30)18(31,32)33/h7-14H,3-6H2,1-2H3;7-9,35-36H,3-6H2,1-2H3. The van der Waals surface area contributed by atoms with E-state index in [1.54, 1.807) is 0 Å². The Morgan fingerprint density at radius 2 is 0.985 bits per heavy atom. The van der Waals surface area contributed by atoms with Gasteiger partial charge in [-0.15, -0.1) is 0 Å². The van der Waals surface area contributed by atoms with Crippen molar-refractivity contribution in [2.45, 2.75) is 162 Å². The quantitative estimate of drug-likeness (QED) is 0.195. The maximum absolute atomic E-state index is 15.4. The van der Waals surface area contributed by atoms with Crippen molar-refractivity contribution in [1.82, 2.24) is 0 Å². The highest BCUT2D eigenvalue weighted by molar-refractivity contribution is 5.77. The van der Waals surface area contributed by atoms with Crippen molar-refractivity contribution in [3.63, 3.8) is 0 Å². The first-order valence-electron chi connectivity index (χ1n) is 20.4. The third-order valence-electron chi connectivity index (χ3n) is 15.9. The predicted molar refractivity (Wildman–Crippen MR) is 176 cm³/mol. The summed E-state index contributed by atoms with van der Waals surface area (Å²) in [7, 11) is 0. The first-order valence-corrected chi connectivity index (χ1v) is 20.4. The Morgan fingerprint density at radius 1 is 0.552 bits per heavy atom. The van der Waals surface area contributed by atoms with Gasteiger partial charge in [-0.25, -0.2) is 8.78 Å². The van der Waals surface area contributed by atoms with Gasteiger partial charge in [0.25, 0.3) is 11.2 Å². The molecule has 29 heteroatoms. The monoisotopic (exact) mass is 1030 g/mol. The molecular weight excluding hydrogens is 989 g/mol. The first kappa shape index (κ1) is 55.2. The molecule has 0 aromatic heterocycles. The third-order valence-corrected chi connectivity index (χ3v) is 15.9. The van der Waals surface area contributed by atoms with E-state index in [0.29, 0.717) is 18.3 Å². The van der Waals surface area contributed by atoms with Gasteiger partial charge in [-0.1, -0.05) is 20.8 Å². The topological polar surface area (TPSA) is 93.1 Å². The lowest BCUT2D eigenvalue weighted by Gasteiger charge is -2.48. The van der Waals surface area contributed by atoms with Gasteiger partial charge in [0.1, 0.15) is 12.2 Å². The summed E-state index contributed by atoms with van der Waals surface area (Å²) in [6, 6.07) is 0. The lowest BCUT2D eigenvalue weighted by Crippen LogP contribution is -2.67. The maximum atomic E-state index is 15.4. The molecule has 6 rings (SSSR count). The number of fused-ring (bicyclic) bond motifs is 7. The van der Waals surface area contributed by atoms with Crippen LogP contribution in [0.15, 0.2) is 0 Å². The van der Waals surface area contributed by atoms with Crippen LogP contribution in [-0.2, 0) is 19.1 Å². The minimum Gasteiger partial charge on any atom is -0.462 e.